The van der Waals surface area contributed by atoms with Gasteiger partial charge in [-0.3, -0.25) is 0 Å². The quantitative estimate of drug-likeness (QED) is 0.0876. The second kappa shape index (κ2) is 32.8. The van der Waals surface area contributed by atoms with E-state index in [1.807, 2.05) is 0 Å². The second-order valence-corrected chi connectivity index (χ2v) is 9.89. The third-order valence-electron chi connectivity index (χ3n) is 6.35. The van der Waals surface area contributed by atoms with Crippen molar-refractivity contribution >= 4 is 0 Å². The molecule has 0 aliphatic heterocycles. The molecule has 0 aromatic rings. The van der Waals surface area contributed by atoms with Crippen LogP contribution in [0.5, 0.6) is 0 Å². The van der Waals surface area contributed by atoms with Crippen LogP contribution >= 0.6 is 0 Å². The Morgan fingerprint density at radius 1 is 0.361 bits per heavy atom. The van der Waals surface area contributed by atoms with Crippen molar-refractivity contribution in [3.63, 3.8) is 0 Å². The molecular formula is C30H62O6. The number of hydrogen-bond donors (Lipinski definition) is 0. The van der Waals surface area contributed by atoms with E-state index in [0.717, 1.165) is 26.1 Å². The van der Waals surface area contributed by atoms with Gasteiger partial charge in [0.1, 0.15) is 0 Å². The van der Waals surface area contributed by atoms with Crippen molar-refractivity contribution in [3.8, 4) is 0 Å². The first-order valence-electron chi connectivity index (χ1n) is 15.3. The summed E-state index contributed by atoms with van der Waals surface area (Å²) in [4.78, 5) is 0. The summed E-state index contributed by atoms with van der Waals surface area (Å²) in [6.07, 6.45) is 19.1. The van der Waals surface area contributed by atoms with Crippen LogP contribution in [0.4, 0.5) is 0 Å². The maximum Gasteiger partial charge on any atom is 0.0701 e. The van der Waals surface area contributed by atoms with E-state index in [1.54, 1.807) is 0 Å². The minimum Gasteiger partial charge on any atom is -0.379 e. The van der Waals surface area contributed by atoms with E-state index in [4.69, 9.17) is 28.4 Å². The van der Waals surface area contributed by atoms with Crippen LogP contribution in [-0.2, 0) is 28.4 Å². The van der Waals surface area contributed by atoms with Crippen LogP contribution in [-0.4, -0.2) is 79.3 Å². The first-order valence-corrected chi connectivity index (χ1v) is 15.3. The molecule has 36 heavy (non-hydrogen) atoms. The maximum absolute atomic E-state index is 5.66. The summed E-state index contributed by atoms with van der Waals surface area (Å²) in [6.45, 7) is 14.4. The third kappa shape index (κ3) is 31.8. The molecule has 0 rings (SSSR count). The van der Waals surface area contributed by atoms with Gasteiger partial charge in [-0.25, -0.2) is 0 Å². The highest BCUT2D eigenvalue weighted by atomic mass is 16.6. The van der Waals surface area contributed by atoms with Crippen LogP contribution in [0.2, 0.25) is 0 Å². The van der Waals surface area contributed by atoms with Crippen LogP contribution in [0.1, 0.15) is 111 Å². The molecule has 6 nitrogen and oxygen atoms in total. The Labute approximate surface area is 224 Å². The summed E-state index contributed by atoms with van der Waals surface area (Å²) in [7, 11) is 0. The molecule has 0 radical (unpaired) electrons. The fourth-order valence-corrected chi connectivity index (χ4v) is 3.72. The van der Waals surface area contributed by atoms with Gasteiger partial charge in [0.25, 0.3) is 0 Å². The molecule has 0 bridgehead atoms. The smallest absolute Gasteiger partial charge is 0.0701 e. The molecule has 218 valence electrons. The molecule has 1 unspecified atom stereocenters. The molecule has 0 aromatic heterocycles. The first-order chi connectivity index (χ1) is 17.8. The van der Waals surface area contributed by atoms with Crippen molar-refractivity contribution in [1.29, 1.82) is 0 Å². The summed E-state index contributed by atoms with van der Waals surface area (Å²) < 4.78 is 33.2. The lowest BCUT2D eigenvalue weighted by Crippen LogP contribution is -2.14. The zero-order chi connectivity index (χ0) is 26.2. The van der Waals surface area contributed by atoms with Gasteiger partial charge in [0.05, 0.1) is 66.1 Å². The highest BCUT2D eigenvalue weighted by molar-refractivity contribution is 4.49. The Bertz CT molecular complexity index is 382. The minimum absolute atomic E-state index is 0.579. The maximum atomic E-state index is 5.66. The zero-order valence-corrected chi connectivity index (χ0v) is 24.4. The summed E-state index contributed by atoms with van der Waals surface area (Å²) in [5.41, 5.74) is 0. The molecule has 0 amide bonds. The lowest BCUT2D eigenvalue weighted by molar-refractivity contribution is -0.0182. The molecule has 0 fully saturated rings. The second-order valence-electron chi connectivity index (χ2n) is 9.89. The summed E-state index contributed by atoms with van der Waals surface area (Å²) in [6, 6.07) is 0. The number of ether oxygens (including phenoxy) is 6. The van der Waals surface area contributed by atoms with Gasteiger partial charge < -0.3 is 28.4 Å². The fraction of sp³-hybridized carbons (Fsp3) is 1.00. The van der Waals surface area contributed by atoms with Crippen LogP contribution in [0.15, 0.2) is 0 Å². The average Bonchev–Trinajstić information content (AvgIpc) is 2.89. The van der Waals surface area contributed by atoms with Gasteiger partial charge in [-0.05, 0) is 12.3 Å². The Morgan fingerprint density at radius 2 is 0.667 bits per heavy atom. The van der Waals surface area contributed by atoms with Crippen molar-refractivity contribution in [1.82, 2.24) is 0 Å². The van der Waals surface area contributed by atoms with Gasteiger partial charge in [0.2, 0.25) is 0 Å². The van der Waals surface area contributed by atoms with E-state index in [9.17, 15) is 0 Å². The van der Waals surface area contributed by atoms with Crippen molar-refractivity contribution in [2.75, 3.05) is 79.3 Å². The lowest BCUT2D eigenvalue weighted by Gasteiger charge is -2.10. The van der Waals surface area contributed by atoms with Gasteiger partial charge in [-0.2, -0.15) is 0 Å². The highest BCUT2D eigenvalue weighted by Gasteiger charge is 1.98. The normalized spacial score (nSPS) is 12.4. The first kappa shape index (κ1) is 35.8. The van der Waals surface area contributed by atoms with Crippen molar-refractivity contribution in [2.45, 2.75) is 111 Å². The molecule has 0 heterocycles. The highest BCUT2D eigenvalue weighted by Crippen LogP contribution is 2.12. The van der Waals surface area contributed by atoms with Gasteiger partial charge in [0, 0.05) is 13.2 Å². The van der Waals surface area contributed by atoms with Gasteiger partial charge in [-0.15, -0.1) is 0 Å². The molecule has 0 spiro atoms. The molecule has 0 saturated heterocycles. The number of hydrogen-bond acceptors (Lipinski definition) is 6. The van der Waals surface area contributed by atoms with E-state index in [-0.39, 0.29) is 0 Å². The monoisotopic (exact) mass is 518 g/mol. The SMILES string of the molecule is CCCCCCCCCCCCCCCOCCOCCOCCOCCOCCOCC(C)CC. The van der Waals surface area contributed by atoms with Crippen LogP contribution in [0.25, 0.3) is 0 Å². The Morgan fingerprint density at radius 3 is 1.03 bits per heavy atom. The molecule has 0 N–H and O–H groups in total. The van der Waals surface area contributed by atoms with E-state index in [1.165, 1.54) is 77.0 Å². The Kier molecular flexibility index (Phi) is 32.6. The molecule has 0 aliphatic rings. The standard InChI is InChI=1S/C30H62O6/c1-4-6-7-8-9-10-11-12-13-14-15-16-17-18-31-19-20-32-21-22-33-23-24-34-25-26-35-27-28-36-29-30(3)5-2/h30H,4-29H2,1-3H3. The topological polar surface area (TPSA) is 55.4 Å². The van der Waals surface area contributed by atoms with Gasteiger partial charge in [-0.1, -0.05) is 104 Å². The molecule has 0 aromatic carbocycles. The summed E-state index contributed by atoms with van der Waals surface area (Å²) >= 11 is 0. The Balaban J connectivity index is 3.02. The van der Waals surface area contributed by atoms with Crippen LogP contribution in [0.3, 0.4) is 0 Å². The van der Waals surface area contributed by atoms with Crippen molar-refractivity contribution < 1.29 is 28.4 Å². The van der Waals surface area contributed by atoms with E-state index < -0.39 is 0 Å². The van der Waals surface area contributed by atoms with Gasteiger partial charge in [0.15, 0.2) is 0 Å². The van der Waals surface area contributed by atoms with Crippen molar-refractivity contribution in [2.24, 2.45) is 5.92 Å². The molecular weight excluding hydrogens is 456 g/mol. The largest absolute Gasteiger partial charge is 0.379 e. The van der Waals surface area contributed by atoms with Gasteiger partial charge >= 0.3 is 0 Å². The molecule has 0 saturated carbocycles. The minimum atomic E-state index is 0.579. The van der Waals surface area contributed by atoms with E-state index >= 15 is 0 Å². The van der Waals surface area contributed by atoms with Crippen LogP contribution < -0.4 is 0 Å². The van der Waals surface area contributed by atoms with Crippen LogP contribution in [0, 0.1) is 5.92 Å². The molecule has 6 heteroatoms. The van der Waals surface area contributed by atoms with Crippen molar-refractivity contribution in [3.05, 3.63) is 0 Å². The Hall–Kier alpha value is -0.240. The molecule has 1 atom stereocenters. The summed E-state index contributed by atoms with van der Waals surface area (Å²) in [5.74, 6) is 0.617. The zero-order valence-electron chi connectivity index (χ0n) is 24.4. The lowest BCUT2D eigenvalue weighted by atomic mass is 10.0. The number of rotatable bonds is 32. The van der Waals surface area contributed by atoms with E-state index in [2.05, 4.69) is 20.8 Å². The van der Waals surface area contributed by atoms with E-state index in [0.29, 0.717) is 72.0 Å². The molecule has 0 aliphatic carbocycles. The average molecular weight is 519 g/mol. The predicted molar refractivity (Wildman–Crippen MR) is 150 cm³/mol. The summed E-state index contributed by atoms with van der Waals surface area (Å²) in [5, 5.41) is 0. The fourth-order valence-electron chi connectivity index (χ4n) is 3.72. The predicted octanol–water partition coefficient (Wildman–Crippen LogP) is 7.22. The number of unbranched alkanes of at least 4 members (excludes halogenated alkanes) is 12. The third-order valence-corrected chi connectivity index (χ3v) is 6.35.